The smallest absolute Gasteiger partial charge is 0.411 e. The van der Waals surface area contributed by atoms with Crippen LogP contribution in [0.2, 0.25) is 0 Å². The van der Waals surface area contributed by atoms with Crippen LogP contribution in [-0.4, -0.2) is 59.1 Å². The van der Waals surface area contributed by atoms with Crippen molar-refractivity contribution in [3.8, 4) is 0 Å². The van der Waals surface area contributed by atoms with Crippen LogP contribution in [0.25, 0.3) is 0 Å². The van der Waals surface area contributed by atoms with Gasteiger partial charge < -0.3 is 19.5 Å². The Labute approximate surface area is 198 Å². The maximum absolute atomic E-state index is 13.2. The molecule has 8 heteroatoms. The molecule has 0 unspecified atom stereocenters. The molecule has 2 heterocycles. The van der Waals surface area contributed by atoms with Gasteiger partial charge in [0.2, 0.25) is 5.91 Å². The lowest BCUT2D eigenvalue weighted by molar-refractivity contribution is -0.145. The third-order valence-corrected chi connectivity index (χ3v) is 6.46. The molecule has 2 aliphatic rings. The van der Waals surface area contributed by atoms with Crippen molar-refractivity contribution < 1.29 is 29.0 Å². The van der Waals surface area contributed by atoms with Crippen LogP contribution in [0, 0.1) is 0 Å². The molecule has 1 fully saturated rings. The number of aliphatic carboxylic acids is 1. The second kappa shape index (κ2) is 10.1. The van der Waals surface area contributed by atoms with Gasteiger partial charge in [-0.05, 0) is 29.5 Å². The maximum atomic E-state index is 13.2. The third-order valence-electron chi connectivity index (χ3n) is 6.46. The van der Waals surface area contributed by atoms with E-state index in [1.165, 1.54) is 17.2 Å². The normalized spacial score (nSPS) is 17.0. The summed E-state index contributed by atoms with van der Waals surface area (Å²) in [5.74, 6) is -1.58. The molecule has 8 nitrogen and oxygen atoms in total. The number of carbonyl (C=O) groups excluding carboxylic acids is 2. The van der Waals surface area contributed by atoms with E-state index in [0.717, 1.165) is 4.90 Å². The van der Waals surface area contributed by atoms with Gasteiger partial charge in [0.25, 0.3) is 0 Å². The Bertz CT molecular complexity index is 1060. The zero-order valence-electron chi connectivity index (χ0n) is 18.9. The summed E-state index contributed by atoms with van der Waals surface area (Å²) in [6.07, 6.45) is 1.78. The van der Waals surface area contributed by atoms with Gasteiger partial charge in [-0.25, -0.2) is 9.59 Å². The second-order valence-electron chi connectivity index (χ2n) is 8.47. The molecular weight excluding hydrogens is 436 g/mol. The van der Waals surface area contributed by atoms with Crippen molar-refractivity contribution in [2.75, 3.05) is 26.2 Å². The lowest BCUT2D eigenvalue weighted by Crippen LogP contribution is -2.50. The van der Waals surface area contributed by atoms with Crippen LogP contribution in [0.5, 0.6) is 0 Å². The number of carboxylic acid groups (broad SMARTS) is 1. The number of amides is 2. The maximum Gasteiger partial charge on any atom is 0.411 e. The molecule has 0 radical (unpaired) electrons. The summed E-state index contributed by atoms with van der Waals surface area (Å²) in [5.41, 5.74) is 2.33. The van der Waals surface area contributed by atoms with Gasteiger partial charge in [0.1, 0.15) is 13.2 Å². The molecule has 4 rings (SSSR count). The number of ether oxygens (including phenoxy) is 2. The second-order valence-corrected chi connectivity index (χ2v) is 8.47. The summed E-state index contributed by atoms with van der Waals surface area (Å²) in [7, 11) is 0. The average molecular weight is 465 g/mol. The van der Waals surface area contributed by atoms with Gasteiger partial charge >= 0.3 is 12.1 Å². The molecule has 2 aromatic carbocycles. The summed E-state index contributed by atoms with van der Waals surface area (Å²) >= 11 is 0. The first-order valence-corrected chi connectivity index (χ1v) is 11.3. The predicted molar refractivity (Wildman–Crippen MR) is 124 cm³/mol. The van der Waals surface area contributed by atoms with Gasteiger partial charge in [-0.15, -0.1) is 0 Å². The number of benzene rings is 2. The molecule has 1 spiro atoms. The van der Waals surface area contributed by atoms with Crippen molar-refractivity contribution in [1.82, 2.24) is 9.80 Å². The van der Waals surface area contributed by atoms with Crippen molar-refractivity contribution in [2.24, 2.45) is 0 Å². The van der Waals surface area contributed by atoms with E-state index in [4.69, 9.17) is 9.47 Å². The first kappa shape index (κ1) is 23.5. The summed E-state index contributed by atoms with van der Waals surface area (Å²) in [6, 6.07) is 15.1. The van der Waals surface area contributed by atoms with E-state index >= 15 is 0 Å². The molecule has 0 saturated carbocycles. The number of hydrogen-bond donors (Lipinski definition) is 1. The van der Waals surface area contributed by atoms with E-state index in [9.17, 15) is 19.5 Å². The fraction of sp³-hybridized carbons (Fsp3) is 0.346. The molecule has 1 saturated heterocycles. The highest BCUT2D eigenvalue weighted by molar-refractivity contribution is 5.87. The minimum Gasteiger partial charge on any atom is -0.479 e. The van der Waals surface area contributed by atoms with Gasteiger partial charge in [0, 0.05) is 13.1 Å². The van der Waals surface area contributed by atoms with Crippen LogP contribution in [0.4, 0.5) is 4.79 Å². The molecule has 2 aliphatic heterocycles. The molecule has 0 bridgehead atoms. The zero-order chi connectivity index (χ0) is 24.1. The quantitative estimate of drug-likeness (QED) is 0.631. The Kier molecular flexibility index (Phi) is 6.98. The highest BCUT2D eigenvalue weighted by Gasteiger charge is 2.44. The standard InChI is InChI=1S/C26H28N2O6/c1-2-16-33-25(32)28(23(24(30)31)19-8-4-3-5-9-19)17-22(29)27-14-12-26(13-15-27)21-11-7-6-10-20(21)18-34-26/h2-11,23H,1,12-18H2,(H,30,31)/t23-/m1/s1. The Hall–Kier alpha value is -3.65. The van der Waals surface area contributed by atoms with Crippen molar-refractivity contribution in [3.05, 3.63) is 83.9 Å². The molecule has 2 amide bonds. The molecule has 1 N–H and O–H groups in total. The van der Waals surface area contributed by atoms with E-state index in [-0.39, 0.29) is 12.5 Å². The summed E-state index contributed by atoms with van der Waals surface area (Å²) in [5, 5.41) is 9.92. The fourth-order valence-corrected chi connectivity index (χ4v) is 4.73. The number of fused-ring (bicyclic) bond motifs is 2. The summed E-state index contributed by atoms with van der Waals surface area (Å²) in [4.78, 5) is 40.8. The fourth-order valence-electron chi connectivity index (χ4n) is 4.73. The number of hydrogen-bond acceptors (Lipinski definition) is 5. The van der Waals surface area contributed by atoms with Crippen LogP contribution in [0.1, 0.15) is 35.6 Å². The average Bonchev–Trinajstić information content (AvgIpc) is 3.21. The number of carbonyl (C=O) groups is 3. The van der Waals surface area contributed by atoms with E-state index in [2.05, 4.69) is 18.7 Å². The van der Waals surface area contributed by atoms with Gasteiger partial charge in [-0.1, -0.05) is 67.3 Å². The van der Waals surface area contributed by atoms with E-state index in [1.807, 2.05) is 12.1 Å². The topological polar surface area (TPSA) is 96.4 Å². The molecular formula is C26H28N2O6. The summed E-state index contributed by atoms with van der Waals surface area (Å²) < 4.78 is 11.3. The largest absolute Gasteiger partial charge is 0.479 e. The number of piperidine rings is 1. The molecule has 1 atom stereocenters. The van der Waals surface area contributed by atoms with E-state index in [1.54, 1.807) is 35.2 Å². The number of carboxylic acids is 1. The number of nitrogens with zero attached hydrogens (tertiary/aromatic N) is 2. The van der Waals surface area contributed by atoms with Crippen LogP contribution in [-0.2, 0) is 31.3 Å². The molecule has 0 aromatic heterocycles. The van der Waals surface area contributed by atoms with Gasteiger partial charge in [-0.3, -0.25) is 9.69 Å². The highest BCUT2D eigenvalue weighted by atomic mass is 16.6. The van der Waals surface area contributed by atoms with Crippen molar-refractivity contribution in [1.29, 1.82) is 0 Å². The first-order valence-electron chi connectivity index (χ1n) is 11.3. The molecule has 34 heavy (non-hydrogen) atoms. The SMILES string of the molecule is C=CCOC(=O)N(CC(=O)N1CCC2(CC1)OCc1ccccc12)[C@@H](C(=O)O)c1ccccc1. The van der Waals surface area contributed by atoms with Gasteiger partial charge in [-0.2, -0.15) is 0 Å². The first-order chi connectivity index (χ1) is 16.4. The number of likely N-dealkylation sites (tertiary alicyclic amines) is 1. The molecule has 2 aromatic rings. The monoisotopic (exact) mass is 464 g/mol. The molecule has 0 aliphatic carbocycles. The minimum absolute atomic E-state index is 0.0896. The number of rotatable bonds is 7. The summed E-state index contributed by atoms with van der Waals surface area (Å²) in [6.45, 7) is 4.48. The van der Waals surface area contributed by atoms with Gasteiger partial charge in [0.05, 0.1) is 12.2 Å². The van der Waals surface area contributed by atoms with E-state index < -0.39 is 30.3 Å². The van der Waals surface area contributed by atoms with Crippen LogP contribution in [0.3, 0.4) is 0 Å². The highest BCUT2D eigenvalue weighted by Crippen LogP contribution is 2.44. The Morgan fingerprint density at radius 3 is 2.47 bits per heavy atom. The lowest BCUT2D eigenvalue weighted by atomic mass is 9.84. The Balaban J connectivity index is 1.49. The van der Waals surface area contributed by atoms with Crippen LogP contribution in [0.15, 0.2) is 67.3 Å². The van der Waals surface area contributed by atoms with Crippen LogP contribution < -0.4 is 0 Å². The van der Waals surface area contributed by atoms with Crippen molar-refractivity contribution >= 4 is 18.0 Å². The third kappa shape index (κ3) is 4.68. The zero-order valence-corrected chi connectivity index (χ0v) is 18.9. The Morgan fingerprint density at radius 1 is 1.12 bits per heavy atom. The Morgan fingerprint density at radius 2 is 1.79 bits per heavy atom. The minimum atomic E-state index is -1.36. The van der Waals surface area contributed by atoms with Crippen molar-refractivity contribution in [3.63, 3.8) is 0 Å². The van der Waals surface area contributed by atoms with Crippen molar-refractivity contribution in [2.45, 2.75) is 31.1 Å². The van der Waals surface area contributed by atoms with Gasteiger partial charge in [0.15, 0.2) is 6.04 Å². The van der Waals surface area contributed by atoms with E-state index in [0.29, 0.717) is 38.1 Å². The predicted octanol–water partition coefficient (Wildman–Crippen LogP) is 3.49. The molecule has 178 valence electrons. The lowest BCUT2D eigenvalue weighted by Gasteiger charge is -2.40. The van der Waals surface area contributed by atoms with Crippen LogP contribution >= 0.6 is 0 Å².